The Bertz CT molecular complexity index is 1370. The molecule has 0 unspecified atom stereocenters. The molecule has 1 amide bonds. The lowest BCUT2D eigenvalue weighted by atomic mass is 9.78. The molecule has 0 saturated carbocycles. The first-order valence-corrected chi connectivity index (χ1v) is 11.9. The van der Waals surface area contributed by atoms with E-state index >= 15 is 4.39 Å². The number of carbonyl (C=O) groups is 3. The molecule has 3 aromatic carbocycles. The van der Waals surface area contributed by atoms with E-state index in [0.717, 1.165) is 5.56 Å². The third-order valence-corrected chi connectivity index (χ3v) is 6.78. The average Bonchev–Trinajstić information content (AvgIpc) is 3.02. The third kappa shape index (κ3) is 4.40. The number of ketones is 1. The van der Waals surface area contributed by atoms with Gasteiger partial charge in [0.15, 0.2) is 5.78 Å². The van der Waals surface area contributed by atoms with Gasteiger partial charge in [-0.2, -0.15) is 0 Å². The maximum Gasteiger partial charge on any atom is 0.303 e. The van der Waals surface area contributed by atoms with E-state index in [-0.39, 0.29) is 36.5 Å². The second kappa shape index (κ2) is 9.77. The maximum atomic E-state index is 15.3. The van der Waals surface area contributed by atoms with Crippen molar-refractivity contribution in [1.82, 2.24) is 0 Å². The minimum absolute atomic E-state index is 0.0624. The number of nitrogens with zero attached hydrogens (tertiary/aromatic N) is 1. The van der Waals surface area contributed by atoms with Gasteiger partial charge in [-0.05, 0) is 36.1 Å². The molecule has 1 aliphatic carbocycles. The Balaban J connectivity index is 1.70. The van der Waals surface area contributed by atoms with E-state index in [1.54, 1.807) is 36.4 Å². The Kier molecular flexibility index (Phi) is 6.38. The van der Waals surface area contributed by atoms with E-state index in [9.17, 15) is 19.5 Å². The first kappa shape index (κ1) is 23.5. The number of benzene rings is 3. The summed E-state index contributed by atoms with van der Waals surface area (Å²) in [5.74, 6) is -2.37. The number of aliphatic carboxylic acids is 1. The van der Waals surface area contributed by atoms with Gasteiger partial charge < -0.3 is 10.4 Å². The molecule has 1 aliphatic heterocycles. The van der Waals surface area contributed by atoms with Crippen LogP contribution in [0.15, 0.2) is 90.1 Å². The molecule has 2 N–H and O–H groups in total. The molecule has 0 spiro atoms. The summed E-state index contributed by atoms with van der Waals surface area (Å²) < 4.78 is 15.3. The van der Waals surface area contributed by atoms with Crippen molar-refractivity contribution in [3.63, 3.8) is 0 Å². The van der Waals surface area contributed by atoms with Gasteiger partial charge in [0.05, 0.1) is 23.8 Å². The largest absolute Gasteiger partial charge is 0.481 e. The van der Waals surface area contributed by atoms with Gasteiger partial charge >= 0.3 is 5.97 Å². The van der Waals surface area contributed by atoms with E-state index in [2.05, 4.69) is 5.32 Å². The summed E-state index contributed by atoms with van der Waals surface area (Å²) in [6.07, 6.45) is 0.0907. The molecule has 5 rings (SSSR count). The van der Waals surface area contributed by atoms with Crippen molar-refractivity contribution in [2.24, 2.45) is 0 Å². The van der Waals surface area contributed by atoms with Crippen LogP contribution in [0.3, 0.4) is 0 Å². The highest BCUT2D eigenvalue weighted by Gasteiger charge is 2.42. The van der Waals surface area contributed by atoms with Crippen molar-refractivity contribution in [1.29, 1.82) is 0 Å². The number of halogens is 1. The number of carboxylic acid groups (broad SMARTS) is 1. The highest BCUT2D eigenvalue weighted by Crippen LogP contribution is 2.48. The summed E-state index contributed by atoms with van der Waals surface area (Å²) in [7, 11) is 0. The van der Waals surface area contributed by atoms with E-state index in [4.69, 9.17) is 0 Å². The highest BCUT2D eigenvalue weighted by atomic mass is 19.1. The number of carboxylic acids is 1. The minimum atomic E-state index is -1.11. The molecule has 36 heavy (non-hydrogen) atoms. The van der Waals surface area contributed by atoms with Crippen molar-refractivity contribution < 1.29 is 23.9 Å². The van der Waals surface area contributed by atoms with Crippen LogP contribution < -0.4 is 10.2 Å². The van der Waals surface area contributed by atoms with Crippen molar-refractivity contribution in [3.05, 3.63) is 107 Å². The lowest BCUT2D eigenvalue weighted by molar-refractivity contribution is -0.138. The summed E-state index contributed by atoms with van der Waals surface area (Å²) in [6.45, 7) is 0. The molecular weight excluding hydrogens is 459 g/mol. The van der Waals surface area contributed by atoms with Crippen LogP contribution in [0.5, 0.6) is 0 Å². The van der Waals surface area contributed by atoms with Crippen molar-refractivity contribution in [2.45, 2.75) is 37.6 Å². The Morgan fingerprint density at radius 3 is 2.36 bits per heavy atom. The first-order chi connectivity index (χ1) is 17.4. The zero-order valence-electron chi connectivity index (χ0n) is 19.5. The molecule has 1 heterocycles. The zero-order valence-corrected chi connectivity index (χ0v) is 19.5. The number of nitrogens with one attached hydrogen (secondary N) is 1. The van der Waals surface area contributed by atoms with Crippen molar-refractivity contribution in [3.8, 4) is 0 Å². The van der Waals surface area contributed by atoms with E-state index in [1.807, 2.05) is 36.4 Å². The molecule has 3 aromatic rings. The van der Waals surface area contributed by atoms with E-state index in [0.29, 0.717) is 29.1 Å². The van der Waals surface area contributed by atoms with E-state index in [1.165, 1.54) is 11.0 Å². The molecule has 0 radical (unpaired) electrons. The predicted molar refractivity (Wildman–Crippen MR) is 134 cm³/mol. The number of amides is 1. The van der Waals surface area contributed by atoms with Gasteiger partial charge in [0.25, 0.3) is 0 Å². The molecule has 0 saturated heterocycles. The quantitative estimate of drug-likeness (QED) is 0.493. The summed E-state index contributed by atoms with van der Waals surface area (Å²) in [5.41, 5.74) is 3.29. The summed E-state index contributed by atoms with van der Waals surface area (Å²) in [6, 6.07) is 22.0. The minimum Gasteiger partial charge on any atom is -0.481 e. The number of hydrogen-bond acceptors (Lipinski definition) is 4. The van der Waals surface area contributed by atoms with E-state index < -0.39 is 23.7 Å². The van der Waals surface area contributed by atoms with Crippen LogP contribution in [0, 0.1) is 5.82 Å². The van der Waals surface area contributed by atoms with Gasteiger partial charge in [-0.15, -0.1) is 0 Å². The van der Waals surface area contributed by atoms with Gasteiger partial charge in [-0.25, -0.2) is 4.39 Å². The van der Waals surface area contributed by atoms with Crippen molar-refractivity contribution in [2.75, 3.05) is 10.2 Å². The van der Waals surface area contributed by atoms with Gasteiger partial charge in [-0.3, -0.25) is 19.3 Å². The summed E-state index contributed by atoms with van der Waals surface area (Å²) in [4.78, 5) is 40.0. The highest BCUT2D eigenvalue weighted by molar-refractivity contribution is 6.06. The topological polar surface area (TPSA) is 86.7 Å². The maximum absolute atomic E-state index is 15.3. The molecule has 2 aliphatic rings. The Morgan fingerprint density at radius 2 is 1.61 bits per heavy atom. The number of hydrogen-bond donors (Lipinski definition) is 2. The molecule has 0 aromatic heterocycles. The van der Waals surface area contributed by atoms with Crippen LogP contribution in [0.2, 0.25) is 0 Å². The fraction of sp³-hybridized carbons (Fsp3) is 0.207. The molecule has 0 fully saturated rings. The normalized spacial score (nSPS) is 19.1. The Labute approximate surface area is 208 Å². The van der Waals surface area contributed by atoms with Crippen molar-refractivity contribution >= 4 is 29.0 Å². The zero-order chi connectivity index (χ0) is 25.2. The lowest BCUT2D eigenvalue weighted by Gasteiger charge is -2.35. The van der Waals surface area contributed by atoms with Gasteiger partial charge in [0.2, 0.25) is 5.91 Å². The number of rotatable bonds is 5. The second-order valence-corrected chi connectivity index (χ2v) is 9.05. The van der Waals surface area contributed by atoms with Crippen LogP contribution in [0.4, 0.5) is 15.8 Å². The number of carbonyl (C=O) groups excluding carboxylic acids is 2. The van der Waals surface area contributed by atoms with Crippen LogP contribution >= 0.6 is 0 Å². The fourth-order valence-corrected chi connectivity index (χ4v) is 5.15. The smallest absolute Gasteiger partial charge is 0.303 e. The number of Topliss-reactive ketones (excluding diaryl/α,β-unsaturated/α-hetero) is 1. The SMILES string of the molecule is O=C(O)CCC(=O)N1c2ccccc2NC2=C(C(=O)C[C@H](c3ccccc3)C2)[C@@H]1c1ccccc1F. The monoisotopic (exact) mass is 484 g/mol. The molecule has 7 heteroatoms. The summed E-state index contributed by atoms with van der Waals surface area (Å²) >= 11 is 0. The number of allylic oxidation sites excluding steroid dienone is 1. The Hall–Kier alpha value is -4.26. The van der Waals surface area contributed by atoms with Crippen LogP contribution in [0.25, 0.3) is 0 Å². The molecule has 2 atom stereocenters. The molecular formula is C29H25FN2O4. The van der Waals surface area contributed by atoms with Crippen LogP contribution in [-0.4, -0.2) is 22.8 Å². The molecule has 0 bridgehead atoms. The van der Waals surface area contributed by atoms with Crippen LogP contribution in [-0.2, 0) is 14.4 Å². The number of anilines is 2. The molecule has 182 valence electrons. The Morgan fingerprint density at radius 1 is 0.917 bits per heavy atom. The third-order valence-electron chi connectivity index (χ3n) is 6.78. The number of fused-ring (bicyclic) bond motifs is 1. The lowest BCUT2D eigenvalue weighted by Crippen LogP contribution is -2.39. The van der Waals surface area contributed by atoms with Crippen LogP contribution in [0.1, 0.15) is 48.8 Å². The fourth-order valence-electron chi connectivity index (χ4n) is 5.15. The summed E-state index contributed by atoms with van der Waals surface area (Å²) in [5, 5.41) is 12.6. The second-order valence-electron chi connectivity index (χ2n) is 9.05. The number of para-hydroxylation sites is 2. The molecule has 6 nitrogen and oxygen atoms in total. The predicted octanol–water partition coefficient (Wildman–Crippen LogP) is 5.59. The van der Waals surface area contributed by atoms with Gasteiger partial charge in [0, 0.05) is 29.7 Å². The van der Waals surface area contributed by atoms with Gasteiger partial charge in [-0.1, -0.05) is 60.7 Å². The first-order valence-electron chi connectivity index (χ1n) is 11.9. The standard InChI is InChI=1S/C29H25FN2O4/c30-21-11-5-4-10-20(21)29-28-23(16-19(17-25(28)33)18-8-2-1-3-9-18)31-22-12-6-7-13-24(22)32(29)26(34)14-15-27(35)36/h1-13,19,29,31H,14-17H2,(H,35,36)/t19-,29+/m1/s1. The average molecular weight is 485 g/mol. The van der Waals surface area contributed by atoms with Gasteiger partial charge in [0.1, 0.15) is 5.82 Å².